The Morgan fingerprint density at radius 3 is 2.31 bits per heavy atom. The predicted molar refractivity (Wildman–Crippen MR) is 132 cm³/mol. The van der Waals surface area contributed by atoms with Gasteiger partial charge in [0.2, 0.25) is 6.79 Å². The van der Waals surface area contributed by atoms with Gasteiger partial charge in [0.1, 0.15) is 11.5 Å². The van der Waals surface area contributed by atoms with Gasteiger partial charge < -0.3 is 19.3 Å². The SMILES string of the molecule is CCCC(CCC)C(=O)CN1CC(c2ccc3c(c2)OCO3)[C@H](C(=O)O)[C@H]1c1ccc(OC)cc1. The average molecular weight is 482 g/mol. The number of aliphatic carboxylic acids is 1. The molecule has 2 aromatic rings. The Morgan fingerprint density at radius 2 is 1.69 bits per heavy atom. The molecule has 2 heterocycles. The van der Waals surface area contributed by atoms with Gasteiger partial charge in [-0.3, -0.25) is 14.5 Å². The fraction of sp³-hybridized carbons (Fsp3) is 0.500. The van der Waals surface area contributed by atoms with Gasteiger partial charge in [0, 0.05) is 24.4 Å². The minimum atomic E-state index is -0.873. The second kappa shape index (κ2) is 11.1. The molecule has 0 aliphatic carbocycles. The number of ether oxygens (including phenoxy) is 3. The van der Waals surface area contributed by atoms with Crippen LogP contribution in [0.1, 0.15) is 62.6 Å². The van der Waals surface area contributed by atoms with Gasteiger partial charge >= 0.3 is 5.97 Å². The number of nitrogens with zero attached hydrogens (tertiary/aromatic N) is 1. The summed E-state index contributed by atoms with van der Waals surface area (Å²) in [5.41, 5.74) is 1.76. The average Bonchev–Trinajstić information content (AvgIpc) is 3.48. The number of benzene rings is 2. The van der Waals surface area contributed by atoms with Gasteiger partial charge in [-0.2, -0.15) is 0 Å². The first-order valence-electron chi connectivity index (χ1n) is 12.5. The maximum Gasteiger partial charge on any atom is 0.309 e. The van der Waals surface area contributed by atoms with Crippen LogP contribution in [0.15, 0.2) is 42.5 Å². The Labute approximate surface area is 207 Å². The number of rotatable bonds is 11. The van der Waals surface area contributed by atoms with Crippen molar-refractivity contribution in [1.29, 1.82) is 0 Å². The molecule has 4 rings (SSSR count). The third-order valence-corrected chi connectivity index (χ3v) is 7.25. The van der Waals surface area contributed by atoms with Gasteiger partial charge in [-0.05, 0) is 48.2 Å². The minimum Gasteiger partial charge on any atom is -0.497 e. The van der Waals surface area contributed by atoms with Crippen LogP contribution in [0.2, 0.25) is 0 Å². The zero-order valence-corrected chi connectivity index (χ0v) is 20.7. The van der Waals surface area contributed by atoms with Crippen LogP contribution in [0.3, 0.4) is 0 Å². The van der Waals surface area contributed by atoms with E-state index >= 15 is 0 Å². The molecule has 0 aromatic heterocycles. The summed E-state index contributed by atoms with van der Waals surface area (Å²) in [4.78, 5) is 28.2. The predicted octanol–water partition coefficient (Wildman–Crippen LogP) is 5.05. The Balaban J connectivity index is 1.70. The number of ketones is 1. The fourth-order valence-electron chi connectivity index (χ4n) is 5.57. The van der Waals surface area contributed by atoms with Crippen molar-refractivity contribution < 1.29 is 28.9 Å². The number of fused-ring (bicyclic) bond motifs is 1. The normalized spacial score (nSPS) is 21.4. The summed E-state index contributed by atoms with van der Waals surface area (Å²) >= 11 is 0. The lowest BCUT2D eigenvalue weighted by Gasteiger charge is -2.28. The molecule has 2 aliphatic heterocycles. The highest BCUT2D eigenvalue weighted by Crippen LogP contribution is 2.48. The molecule has 0 spiro atoms. The van der Waals surface area contributed by atoms with Crippen LogP contribution in [0.4, 0.5) is 0 Å². The standard InChI is InChI=1S/C28H35NO6/c1-4-6-18(7-5-2)23(30)16-29-15-22(20-10-13-24-25(14-20)35-17-34-24)26(28(31)32)27(29)19-8-11-21(33-3)12-9-19/h8-14,18,22,26-27H,4-7,15-17H2,1-3H3,(H,31,32)/t22?,26-,27+/m0/s1. The molecular weight excluding hydrogens is 446 g/mol. The summed E-state index contributed by atoms with van der Waals surface area (Å²) in [6, 6.07) is 12.7. The smallest absolute Gasteiger partial charge is 0.309 e. The van der Waals surface area contributed by atoms with Crippen LogP contribution < -0.4 is 14.2 Å². The lowest BCUT2D eigenvalue weighted by atomic mass is 9.82. The number of likely N-dealkylation sites (tertiary alicyclic amines) is 1. The Hall–Kier alpha value is -3.06. The van der Waals surface area contributed by atoms with E-state index in [4.69, 9.17) is 14.2 Å². The Bertz CT molecular complexity index is 1030. The third kappa shape index (κ3) is 5.30. The topological polar surface area (TPSA) is 85.3 Å². The lowest BCUT2D eigenvalue weighted by Crippen LogP contribution is -2.35. The molecule has 0 amide bonds. The number of Topliss-reactive ketones (excluding diaryl/α,β-unsaturated/α-hetero) is 1. The van der Waals surface area contributed by atoms with Crippen LogP contribution in [0.5, 0.6) is 17.2 Å². The molecule has 1 unspecified atom stereocenters. The van der Waals surface area contributed by atoms with E-state index in [9.17, 15) is 14.7 Å². The van der Waals surface area contributed by atoms with Gasteiger partial charge in [0.15, 0.2) is 11.5 Å². The van der Waals surface area contributed by atoms with E-state index in [0.717, 1.165) is 36.8 Å². The van der Waals surface area contributed by atoms with Crippen molar-refractivity contribution in [2.45, 2.75) is 51.5 Å². The first kappa shape index (κ1) is 25.0. The second-order valence-corrected chi connectivity index (χ2v) is 9.47. The molecule has 7 heteroatoms. The van der Waals surface area contributed by atoms with Gasteiger partial charge in [0.25, 0.3) is 0 Å². The number of carboxylic acid groups (broad SMARTS) is 1. The number of carbonyl (C=O) groups is 2. The lowest BCUT2D eigenvalue weighted by molar-refractivity contribution is -0.143. The quantitative estimate of drug-likeness (QED) is 0.481. The first-order valence-corrected chi connectivity index (χ1v) is 12.5. The molecule has 0 saturated carbocycles. The van der Waals surface area contributed by atoms with E-state index in [1.165, 1.54) is 0 Å². The van der Waals surface area contributed by atoms with Crippen LogP contribution >= 0.6 is 0 Å². The second-order valence-electron chi connectivity index (χ2n) is 9.47. The summed E-state index contributed by atoms with van der Waals surface area (Å²) in [5.74, 6) is 0.330. The maximum absolute atomic E-state index is 13.4. The van der Waals surface area contributed by atoms with Crippen LogP contribution in [-0.2, 0) is 9.59 Å². The molecule has 2 aromatic carbocycles. The third-order valence-electron chi connectivity index (χ3n) is 7.25. The molecule has 1 saturated heterocycles. The summed E-state index contributed by atoms with van der Waals surface area (Å²) in [6.45, 7) is 5.08. The first-order chi connectivity index (χ1) is 17.0. The molecule has 188 valence electrons. The molecule has 35 heavy (non-hydrogen) atoms. The monoisotopic (exact) mass is 481 g/mol. The molecule has 2 aliphatic rings. The van der Waals surface area contributed by atoms with Crippen molar-refractivity contribution in [2.24, 2.45) is 11.8 Å². The maximum atomic E-state index is 13.4. The van der Waals surface area contributed by atoms with E-state index in [-0.39, 0.29) is 31.0 Å². The van der Waals surface area contributed by atoms with Gasteiger partial charge in [0.05, 0.1) is 19.6 Å². The van der Waals surface area contributed by atoms with E-state index in [0.29, 0.717) is 23.8 Å². The molecule has 3 atom stereocenters. The van der Waals surface area contributed by atoms with Crippen molar-refractivity contribution in [1.82, 2.24) is 4.90 Å². The zero-order valence-electron chi connectivity index (χ0n) is 20.7. The highest BCUT2D eigenvalue weighted by atomic mass is 16.7. The van der Waals surface area contributed by atoms with Gasteiger partial charge in [-0.1, -0.05) is 44.9 Å². The largest absolute Gasteiger partial charge is 0.497 e. The Kier molecular flexibility index (Phi) is 7.96. The number of methoxy groups -OCH3 is 1. The van der Waals surface area contributed by atoms with E-state index in [1.54, 1.807) is 7.11 Å². The number of carbonyl (C=O) groups excluding carboxylic acids is 1. The highest BCUT2D eigenvalue weighted by Gasteiger charge is 2.48. The number of hydrogen-bond donors (Lipinski definition) is 1. The molecule has 1 N–H and O–H groups in total. The molecule has 1 fully saturated rings. The van der Waals surface area contributed by atoms with Crippen molar-refractivity contribution in [3.8, 4) is 17.2 Å². The van der Waals surface area contributed by atoms with Crippen molar-refractivity contribution in [2.75, 3.05) is 27.0 Å². The van der Waals surface area contributed by atoms with Crippen molar-refractivity contribution in [3.63, 3.8) is 0 Å². The summed E-state index contributed by atoms with van der Waals surface area (Å²) in [7, 11) is 1.60. The molecule has 0 radical (unpaired) electrons. The highest BCUT2D eigenvalue weighted by molar-refractivity contribution is 5.83. The zero-order chi connectivity index (χ0) is 24.9. The minimum absolute atomic E-state index is 0.00869. The fourth-order valence-corrected chi connectivity index (χ4v) is 5.57. The summed E-state index contributed by atoms with van der Waals surface area (Å²) in [5, 5.41) is 10.4. The Morgan fingerprint density at radius 1 is 1.03 bits per heavy atom. The van der Waals surface area contributed by atoms with E-state index in [2.05, 4.69) is 18.7 Å². The molecular formula is C28H35NO6. The summed E-state index contributed by atoms with van der Waals surface area (Å²) < 4.78 is 16.3. The molecule has 0 bridgehead atoms. The van der Waals surface area contributed by atoms with Crippen molar-refractivity contribution >= 4 is 11.8 Å². The van der Waals surface area contributed by atoms with Crippen LogP contribution in [-0.4, -0.2) is 48.8 Å². The summed E-state index contributed by atoms with van der Waals surface area (Å²) in [6.07, 6.45) is 3.63. The van der Waals surface area contributed by atoms with E-state index in [1.807, 2.05) is 42.5 Å². The van der Waals surface area contributed by atoms with Crippen LogP contribution in [0.25, 0.3) is 0 Å². The van der Waals surface area contributed by atoms with Crippen LogP contribution in [0, 0.1) is 11.8 Å². The number of hydrogen-bond acceptors (Lipinski definition) is 6. The molecule has 7 nitrogen and oxygen atoms in total. The van der Waals surface area contributed by atoms with Crippen molar-refractivity contribution in [3.05, 3.63) is 53.6 Å². The number of carboxylic acids is 1. The van der Waals surface area contributed by atoms with E-state index < -0.39 is 17.9 Å². The van der Waals surface area contributed by atoms with Gasteiger partial charge in [-0.15, -0.1) is 0 Å². The van der Waals surface area contributed by atoms with Gasteiger partial charge in [-0.25, -0.2) is 0 Å².